The summed E-state index contributed by atoms with van der Waals surface area (Å²) >= 11 is 0. The van der Waals surface area contributed by atoms with Crippen molar-refractivity contribution in [3.63, 3.8) is 0 Å². The molecular weight excluding hydrogens is 298 g/mol. The van der Waals surface area contributed by atoms with E-state index in [1.54, 1.807) is 6.54 Å². The first kappa shape index (κ1) is 23.4. The molecule has 0 aromatic carbocycles. The Hall–Kier alpha value is -0.570. The van der Waals surface area contributed by atoms with Gasteiger partial charge in [0.1, 0.15) is 6.10 Å². The van der Waals surface area contributed by atoms with Crippen LogP contribution in [-0.4, -0.2) is 17.1 Å². The Bertz CT molecular complexity index is 269. The van der Waals surface area contributed by atoms with E-state index in [9.17, 15) is 9.90 Å². The molecule has 0 aliphatic carbocycles. The molecule has 1 atom stereocenters. The van der Waals surface area contributed by atoms with Gasteiger partial charge in [-0.25, -0.2) is 0 Å². The predicted octanol–water partition coefficient (Wildman–Crippen LogP) is 5.91. The molecule has 0 aliphatic rings. The summed E-state index contributed by atoms with van der Waals surface area (Å²) in [4.78, 5) is 11.5. The molecule has 143 valence electrons. The number of rotatable bonds is 18. The van der Waals surface area contributed by atoms with Crippen molar-refractivity contribution >= 4 is 5.91 Å². The molecule has 3 heteroatoms. The van der Waals surface area contributed by atoms with E-state index in [4.69, 9.17) is 0 Å². The number of aliphatic hydroxyl groups excluding tert-OH is 1. The molecule has 0 saturated heterocycles. The van der Waals surface area contributed by atoms with Gasteiger partial charge in [-0.2, -0.15) is 0 Å². The maximum absolute atomic E-state index is 11.5. The standard InChI is InChI=1S/C21H42NO2/c1-3-5-6-7-8-9-10-11-12-13-14-15-16-17-18-20(23)21(24)22-19-4-2/h19-20,23H,3-18H2,1-2H3,(H,22,24). The molecule has 1 radical (unpaired) electrons. The van der Waals surface area contributed by atoms with Gasteiger partial charge in [0, 0.05) is 6.54 Å². The molecule has 1 amide bonds. The average Bonchev–Trinajstić information content (AvgIpc) is 2.59. The third-order valence-corrected chi connectivity index (χ3v) is 4.58. The number of nitrogens with one attached hydrogen (secondary N) is 1. The lowest BCUT2D eigenvalue weighted by atomic mass is 10.0. The van der Waals surface area contributed by atoms with Crippen LogP contribution < -0.4 is 5.32 Å². The maximum Gasteiger partial charge on any atom is 0.249 e. The van der Waals surface area contributed by atoms with Crippen molar-refractivity contribution in [1.82, 2.24) is 5.32 Å². The molecule has 0 saturated carbocycles. The number of carbonyl (C=O) groups excluding carboxylic acids is 1. The van der Waals surface area contributed by atoms with Crippen LogP contribution in [0.5, 0.6) is 0 Å². The van der Waals surface area contributed by atoms with Crippen LogP contribution in [0.15, 0.2) is 0 Å². The van der Waals surface area contributed by atoms with Crippen molar-refractivity contribution in [3.05, 3.63) is 6.54 Å². The van der Waals surface area contributed by atoms with Crippen molar-refractivity contribution in [2.75, 3.05) is 0 Å². The Balaban J connectivity index is 3.18. The normalized spacial score (nSPS) is 12.3. The van der Waals surface area contributed by atoms with Gasteiger partial charge in [0.15, 0.2) is 0 Å². The fraction of sp³-hybridized carbons (Fsp3) is 0.905. The summed E-state index contributed by atoms with van der Waals surface area (Å²) in [6, 6.07) is 0. The van der Waals surface area contributed by atoms with Crippen molar-refractivity contribution in [2.24, 2.45) is 0 Å². The summed E-state index contributed by atoms with van der Waals surface area (Å²) in [7, 11) is 0. The highest BCUT2D eigenvalue weighted by Crippen LogP contribution is 2.13. The van der Waals surface area contributed by atoms with Gasteiger partial charge in [0.25, 0.3) is 0 Å². The topological polar surface area (TPSA) is 49.3 Å². The van der Waals surface area contributed by atoms with E-state index in [1.807, 2.05) is 6.92 Å². The van der Waals surface area contributed by atoms with E-state index in [0.717, 1.165) is 19.3 Å². The third-order valence-electron chi connectivity index (χ3n) is 4.58. The first-order valence-electron chi connectivity index (χ1n) is 10.5. The lowest BCUT2D eigenvalue weighted by Crippen LogP contribution is -2.32. The molecule has 2 N–H and O–H groups in total. The van der Waals surface area contributed by atoms with Gasteiger partial charge in [-0.3, -0.25) is 4.79 Å². The smallest absolute Gasteiger partial charge is 0.249 e. The first-order chi connectivity index (χ1) is 11.7. The number of amides is 1. The monoisotopic (exact) mass is 340 g/mol. The Labute approximate surface area is 151 Å². The van der Waals surface area contributed by atoms with Gasteiger partial charge in [-0.15, -0.1) is 0 Å². The summed E-state index contributed by atoms with van der Waals surface area (Å²) in [6.45, 7) is 5.92. The van der Waals surface area contributed by atoms with Gasteiger partial charge in [0.2, 0.25) is 5.91 Å². The Kier molecular flexibility index (Phi) is 18.3. The molecule has 0 fully saturated rings. The average molecular weight is 341 g/mol. The van der Waals surface area contributed by atoms with Crippen molar-refractivity contribution in [2.45, 2.75) is 123 Å². The van der Waals surface area contributed by atoms with E-state index in [1.165, 1.54) is 77.0 Å². The van der Waals surface area contributed by atoms with Crippen LogP contribution in [0, 0.1) is 6.54 Å². The molecule has 0 aliphatic heterocycles. The fourth-order valence-corrected chi connectivity index (χ4v) is 2.96. The van der Waals surface area contributed by atoms with E-state index in [-0.39, 0.29) is 5.91 Å². The largest absolute Gasteiger partial charge is 0.383 e. The lowest BCUT2D eigenvalue weighted by molar-refractivity contribution is -0.129. The molecule has 0 heterocycles. The number of carbonyl (C=O) groups is 1. The summed E-state index contributed by atoms with van der Waals surface area (Å²) in [6.07, 6.45) is 19.0. The molecule has 0 spiro atoms. The van der Waals surface area contributed by atoms with Crippen LogP contribution in [0.25, 0.3) is 0 Å². The van der Waals surface area contributed by atoms with E-state index in [2.05, 4.69) is 12.2 Å². The second-order valence-electron chi connectivity index (χ2n) is 7.02. The van der Waals surface area contributed by atoms with Crippen LogP contribution in [0.2, 0.25) is 0 Å². The second kappa shape index (κ2) is 18.8. The van der Waals surface area contributed by atoms with Crippen molar-refractivity contribution in [1.29, 1.82) is 0 Å². The quantitative estimate of drug-likeness (QED) is 0.305. The van der Waals surface area contributed by atoms with E-state index in [0.29, 0.717) is 6.42 Å². The molecular formula is C21H42NO2. The Morgan fingerprint density at radius 3 is 1.62 bits per heavy atom. The first-order valence-corrected chi connectivity index (χ1v) is 10.5. The molecule has 0 bridgehead atoms. The molecule has 1 unspecified atom stereocenters. The Morgan fingerprint density at radius 2 is 1.21 bits per heavy atom. The van der Waals surface area contributed by atoms with Crippen LogP contribution in [-0.2, 0) is 4.79 Å². The highest BCUT2D eigenvalue weighted by molar-refractivity contribution is 5.80. The van der Waals surface area contributed by atoms with Crippen LogP contribution in [0.3, 0.4) is 0 Å². The van der Waals surface area contributed by atoms with E-state index >= 15 is 0 Å². The number of hydrogen-bond donors (Lipinski definition) is 2. The van der Waals surface area contributed by atoms with Gasteiger partial charge in [-0.1, -0.05) is 104 Å². The SMILES string of the molecule is CC[CH]NC(=O)C(O)CCCCCCCCCCCCCCCC. The summed E-state index contributed by atoms with van der Waals surface area (Å²) < 4.78 is 0. The van der Waals surface area contributed by atoms with Gasteiger partial charge in [0.05, 0.1) is 0 Å². The Morgan fingerprint density at radius 1 is 0.792 bits per heavy atom. The van der Waals surface area contributed by atoms with Gasteiger partial charge in [-0.05, 0) is 12.8 Å². The van der Waals surface area contributed by atoms with Crippen LogP contribution in [0.4, 0.5) is 0 Å². The number of aliphatic hydroxyl groups is 1. The number of unbranched alkanes of at least 4 members (excludes halogenated alkanes) is 13. The zero-order chi connectivity index (χ0) is 17.9. The van der Waals surface area contributed by atoms with Gasteiger partial charge < -0.3 is 10.4 Å². The van der Waals surface area contributed by atoms with Crippen LogP contribution in [0.1, 0.15) is 117 Å². The highest BCUT2D eigenvalue weighted by atomic mass is 16.3. The minimum atomic E-state index is -0.842. The number of hydrogen-bond acceptors (Lipinski definition) is 2. The van der Waals surface area contributed by atoms with Crippen molar-refractivity contribution in [3.8, 4) is 0 Å². The molecule has 0 aromatic rings. The third kappa shape index (κ3) is 16.3. The fourth-order valence-electron chi connectivity index (χ4n) is 2.96. The molecule has 24 heavy (non-hydrogen) atoms. The molecule has 3 nitrogen and oxygen atoms in total. The zero-order valence-corrected chi connectivity index (χ0v) is 16.3. The lowest BCUT2D eigenvalue weighted by Gasteiger charge is -2.10. The predicted molar refractivity (Wildman–Crippen MR) is 104 cm³/mol. The highest BCUT2D eigenvalue weighted by Gasteiger charge is 2.13. The summed E-state index contributed by atoms with van der Waals surface area (Å²) in [5, 5.41) is 12.3. The minimum Gasteiger partial charge on any atom is -0.383 e. The maximum atomic E-state index is 11.5. The van der Waals surface area contributed by atoms with Gasteiger partial charge >= 0.3 is 0 Å². The minimum absolute atomic E-state index is 0.258. The van der Waals surface area contributed by atoms with E-state index < -0.39 is 6.10 Å². The van der Waals surface area contributed by atoms with Crippen LogP contribution >= 0.6 is 0 Å². The summed E-state index contributed by atoms with van der Waals surface area (Å²) in [5.41, 5.74) is 0. The van der Waals surface area contributed by atoms with Crippen molar-refractivity contribution < 1.29 is 9.90 Å². The molecule has 0 rings (SSSR count). The summed E-state index contributed by atoms with van der Waals surface area (Å²) in [5.74, 6) is -0.258. The molecule has 0 aromatic heterocycles. The zero-order valence-electron chi connectivity index (χ0n) is 16.3. The second-order valence-corrected chi connectivity index (χ2v) is 7.02.